The summed E-state index contributed by atoms with van der Waals surface area (Å²) in [5.41, 5.74) is 1.70. The molecule has 0 bridgehead atoms. The summed E-state index contributed by atoms with van der Waals surface area (Å²) in [6.45, 7) is -0.00828. The number of carbonyl (C=O) groups is 2. The molecule has 3 aromatic rings. The van der Waals surface area contributed by atoms with E-state index in [0.717, 1.165) is 16.7 Å². The highest BCUT2D eigenvalue weighted by Crippen LogP contribution is 2.25. The summed E-state index contributed by atoms with van der Waals surface area (Å²) in [5.74, 6) is -1.55. The first-order valence-electron chi connectivity index (χ1n) is 10.5. The van der Waals surface area contributed by atoms with Gasteiger partial charge in [0.1, 0.15) is 17.6 Å². The minimum absolute atomic E-state index is 0.0528. The number of halogens is 3. The number of aromatic nitrogens is 1. The number of anilines is 1. The zero-order chi connectivity index (χ0) is 25.4. The van der Waals surface area contributed by atoms with E-state index in [1.54, 1.807) is 67.6 Å². The molecule has 1 aromatic heterocycles. The molecule has 0 fully saturated rings. The maximum Gasteiger partial charge on any atom is 0.406 e. The molecule has 1 heterocycles. The molecule has 10 heteroatoms. The number of pyridine rings is 1. The number of nitrogens with zero attached hydrogens (tertiary/aromatic N) is 3. The normalized spacial score (nSPS) is 10.9. The summed E-state index contributed by atoms with van der Waals surface area (Å²) in [5, 5.41) is 12.4. The molecule has 1 N–H and O–H groups in total. The second kappa shape index (κ2) is 11.5. The predicted molar refractivity (Wildman–Crippen MR) is 127 cm³/mol. The first-order chi connectivity index (χ1) is 16.7. The van der Waals surface area contributed by atoms with Crippen molar-refractivity contribution < 1.29 is 22.8 Å². The van der Waals surface area contributed by atoms with Crippen LogP contribution in [0.1, 0.15) is 27.2 Å². The molecule has 0 spiro atoms. The second-order valence-corrected chi connectivity index (χ2v) is 8.51. The van der Waals surface area contributed by atoms with E-state index in [2.05, 4.69) is 10.3 Å². The molecule has 3 rings (SSSR count). The maximum atomic E-state index is 13.1. The SMILES string of the molecule is Cc1nc(SCC(=O)N(Cc2ccccc2)CC(F)(F)F)c(C#N)cc1C(=O)Nc1ccccc1. The molecule has 2 amide bonds. The molecular weight excluding hydrogens is 477 g/mol. The van der Waals surface area contributed by atoms with Crippen molar-refractivity contribution in [1.29, 1.82) is 5.26 Å². The van der Waals surface area contributed by atoms with Crippen molar-refractivity contribution in [3.8, 4) is 6.07 Å². The number of hydrogen-bond acceptors (Lipinski definition) is 5. The van der Waals surface area contributed by atoms with Crippen LogP contribution in [0.3, 0.4) is 0 Å². The number of carbonyl (C=O) groups excluding carboxylic acids is 2. The standard InChI is InChI=1S/C25H21F3N4O2S/c1-17-21(23(34)31-20-10-6-3-7-11-20)12-19(13-29)24(30-17)35-15-22(33)32(16-25(26,27)28)14-18-8-4-2-5-9-18/h2-12H,14-16H2,1H3,(H,31,34). The number of thioether (sulfide) groups is 1. The van der Waals surface area contributed by atoms with Crippen molar-refractivity contribution in [1.82, 2.24) is 9.88 Å². The second-order valence-electron chi connectivity index (χ2n) is 7.55. The molecule has 0 aliphatic carbocycles. The van der Waals surface area contributed by atoms with Gasteiger partial charge in [0.2, 0.25) is 5.91 Å². The van der Waals surface area contributed by atoms with E-state index < -0.39 is 24.5 Å². The summed E-state index contributed by atoms with van der Waals surface area (Å²) < 4.78 is 39.3. The van der Waals surface area contributed by atoms with Gasteiger partial charge in [-0.1, -0.05) is 60.3 Å². The molecule has 35 heavy (non-hydrogen) atoms. The Hall–Kier alpha value is -3.84. The van der Waals surface area contributed by atoms with Gasteiger partial charge in [0.15, 0.2) is 0 Å². The van der Waals surface area contributed by atoms with Crippen LogP contribution in [0.2, 0.25) is 0 Å². The molecular formula is C25H21F3N4O2S. The highest BCUT2D eigenvalue weighted by molar-refractivity contribution is 8.00. The third-order valence-electron chi connectivity index (χ3n) is 4.85. The summed E-state index contributed by atoms with van der Waals surface area (Å²) in [4.78, 5) is 30.3. The molecule has 6 nitrogen and oxygen atoms in total. The monoisotopic (exact) mass is 498 g/mol. The number of alkyl halides is 3. The van der Waals surface area contributed by atoms with Crippen molar-refractivity contribution in [3.05, 3.63) is 89.1 Å². The molecule has 0 saturated carbocycles. The van der Waals surface area contributed by atoms with Gasteiger partial charge in [0, 0.05) is 12.2 Å². The summed E-state index contributed by atoms with van der Waals surface area (Å²) in [7, 11) is 0. The van der Waals surface area contributed by atoms with E-state index in [1.165, 1.54) is 6.07 Å². The molecule has 0 radical (unpaired) electrons. The summed E-state index contributed by atoms with van der Waals surface area (Å²) in [6, 6.07) is 20.4. The number of benzene rings is 2. The van der Waals surface area contributed by atoms with Crippen molar-refractivity contribution >= 4 is 29.3 Å². The van der Waals surface area contributed by atoms with Gasteiger partial charge in [-0.2, -0.15) is 18.4 Å². The minimum atomic E-state index is -4.56. The number of nitriles is 1. The van der Waals surface area contributed by atoms with Crippen LogP contribution in [0.5, 0.6) is 0 Å². The third kappa shape index (κ3) is 7.58. The van der Waals surface area contributed by atoms with Crippen molar-refractivity contribution in [2.75, 3.05) is 17.6 Å². The molecule has 180 valence electrons. The van der Waals surface area contributed by atoms with E-state index in [4.69, 9.17) is 0 Å². The fourth-order valence-corrected chi connectivity index (χ4v) is 4.10. The van der Waals surface area contributed by atoms with E-state index in [-0.39, 0.29) is 28.5 Å². The van der Waals surface area contributed by atoms with E-state index in [1.807, 2.05) is 6.07 Å². The van der Waals surface area contributed by atoms with Crippen LogP contribution in [-0.2, 0) is 11.3 Å². The van der Waals surface area contributed by atoms with Gasteiger partial charge in [0.25, 0.3) is 5.91 Å². The highest BCUT2D eigenvalue weighted by atomic mass is 32.2. The Morgan fingerprint density at radius 1 is 1.09 bits per heavy atom. The molecule has 0 unspecified atom stereocenters. The minimum Gasteiger partial charge on any atom is -0.329 e. The predicted octanol–water partition coefficient (Wildman–Crippen LogP) is 5.20. The van der Waals surface area contributed by atoms with Crippen molar-refractivity contribution in [3.63, 3.8) is 0 Å². The molecule has 0 saturated heterocycles. The lowest BCUT2D eigenvalue weighted by atomic mass is 10.1. The Morgan fingerprint density at radius 2 is 1.71 bits per heavy atom. The Kier molecular flexibility index (Phi) is 8.49. The number of para-hydroxylation sites is 1. The smallest absolute Gasteiger partial charge is 0.329 e. The van der Waals surface area contributed by atoms with Crippen LogP contribution in [0.25, 0.3) is 0 Å². The lowest BCUT2D eigenvalue weighted by Crippen LogP contribution is -2.39. The number of rotatable bonds is 8. The Balaban J connectivity index is 1.74. The van der Waals surface area contributed by atoms with Crippen molar-refractivity contribution in [2.24, 2.45) is 0 Å². The maximum absolute atomic E-state index is 13.1. The molecule has 0 atom stereocenters. The molecule has 0 aliphatic heterocycles. The van der Waals surface area contributed by atoms with Crippen LogP contribution >= 0.6 is 11.8 Å². The Bertz CT molecular complexity index is 1230. The van der Waals surface area contributed by atoms with Crippen LogP contribution in [0.15, 0.2) is 71.8 Å². The number of aryl methyl sites for hydroxylation is 1. The first kappa shape index (κ1) is 25.8. The van der Waals surface area contributed by atoms with Gasteiger partial charge in [-0.15, -0.1) is 0 Å². The van der Waals surface area contributed by atoms with Crippen LogP contribution < -0.4 is 5.32 Å². The van der Waals surface area contributed by atoms with Gasteiger partial charge >= 0.3 is 6.18 Å². The van der Waals surface area contributed by atoms with Crippen LogP contribution in [0.4, 0.5) is 18.9 Å². The highest BCUT2D eigenvalue weighted by Gasteiger charge is 2.33. The fraction of sp³-hybridized carbons (Fsp3) is 0.200. The first-order valence-corrected chi connectivity index (χ1v) is 11.4. The topological polar surface area (TPSA) is 86.1 Å². The van der Waals surface area contributed by atoms with E-state index in [9.17, 15) is 28.0 Å². The number of nitrogens with one attached hydrogen (secondary N) is 1. The van der Waals surface area contributed by atoms with Crippen LogP contribution in [-0.4, -0.2) is 40.2 Å². The van der Waals surface area contributed by atoms with Crippen molar-refractivity contribution in [2.45, 2.75) is 24.7 Å². The number of amides is 2. The van der Waals surface area contributed by atoms with Gasteiger partial charge in [0.05, 0.1) is 22.6 Å². The van der Waals surface area contributed by atoms with Gasteiger partial charge in [-0.25, -0.2) is 4.98 Å². The largest absolute Gasteiger partial charge is 0.406 e. The zero-order valence-corrected chi connectivity index (χ0v) is 19.5. The van der Waals surface area contributed by atoms with E-state index in [0.29, 0.717) is 16.9 Å². The zero-order valence-electron chi connectivity index (χ0n) is 18.7. The summed E-state index contributed by atoms with van der Waals surface area (Å²) >= 11 is 0.859. The summed E-state index contributed by atoms with van der Waals surface area (Å²) in [6.07, 6.45) is -4.56. The third-order valence-corrected chi connectivity index (χ3v) is 5.82. The van der Waals surface area contributed by atoms with Gasteiger partial charge in [-0.05, 0) is 30.7 Å². The average Bonchev–Trinajstić information content (AvgIpc) is 2.82. The van der Waals surface area contributed by atoms with Crippen LogP contribution in [0, 0.1) is 18.3 Å². The lowest BCUT2D eigenvalue weighted by Gasteiger charge is -2.24. The van der Waals surface area contributed by atoms with Gasteiger partial charge < -0.3 is 10.2 Å². The quantitative estimate of drug-likeness (QED) is 0.432. The van der Waals surface area contributed by atoms with Gasteiger partial charge in [-0.3, -0.25) is 9.59 Å². The van der Waals surface area contributed by atoms with E-state index >= 15 is 0 Å². The fourth-order valence-electron chi connectivity index (χ4n) is 3.20. The number of hydrogen-bond donors (Lipinski definition) is 1. The average molecular weight is 499 g/mol. The molecule has 2 aromatic carbocycles. The Morgan fingerprint density at radius 3 is 2.31 bits per heavy atom. The Labute approximate surface area is 204 Å². The molecule has 0 aliphatic rings. The lowest BCUT2D eigenvalue weighted by molar-refractivity contribution is -0.160.